The molecule has 0 atom stereocenters. The summed E-state index contributed by atoms with van der Waals surface area (Å²) in [5.41, 5.74) is 0.548. The van der Waals surface area contributed by atoms with Gasteiger partial charge in [-0.2, -0.15) is 17.2 Å². The molecule has 1 aromatic rings. The van der Waals surface area contributed by atoms with Crippen molar-refractivity contribution < 1.29 is 26.1 Å². The minimum Gasteiger partial charge on any atom is -0.435 e. The van der Waals surface area contributed by atoms with Crippen molar-refractivity contribution in [1.29, 1.82) is 0 Å². The Hall–Kier alpha value is -1.21. The van der Waals surface area contributed by atoms with Gasteiger partial charge in [0.2, 0.25) is 0 Å². The van der Waals surface area contributed by atoms with Crippen LogP contribution < -0.4 is 4.74 Å². The zero-order valence-electron chi connectivity index (χ0n) is 8.39. The maximum atomic E-state index is 11.8. The first kappa shape index (κ1) is 12.9. The number of benzene rings is 1. The van der Waals surface area contributed by atoms with Crippen LogP contribution in [0.4, 0.5) is 8.78 Å². The lowest BCUT2D eigenvalue weighted by Gasteiger charge is -2.05. The standard InChI is InChI=1S/C9H10F2O4S/c1-16(12,13)14-6-7-2-4-8(5-3-7)15-9(10)11/h2-5,9H,6H2,1H3. The molecule has 0 amide bonds. The van der Waals surface area contributed by atoms with Crippen molar-refractivity contribution >= 4 is 10.1 Å². The Kier molecular flexibility index (Phi) is 4.19. The highest BCUT2D eigenvalue weighted by molar-refractivity contribution is 7.85. The highest BCUT2D eigenvalue weighted by atomic mass is 32.2. The van der Waals surface area contributed by atoms with Gasteiger partial charge in [-0.05, 0) is 17.7 Å². The number of rotatable bonds is 5. The van der Waals surface area contributed by atoms with E-state index in [1.807, 2.05) is 0 Å². The lowest BCUT2D eigenvalue weighted by Crippen LogP contribution is -2.03. The van der Waals surface area contributed by atoms with Gasteiger partial charge in [0, 0.05) is 0 Å². The third-order valence-electron chi connectivity index (χ3n) is 1.59. The Morgan fingerprint density at radius 3 is 2.25 bits per heavy atom. The molecule has 0 saturated heterocycles. The molecule has 0 radical (unpaired) electrons. The summed E-state index contributed by atoms with van der Waals surface area (Å²) >= 11 is 0. The Balaban J connectivity index is 2.58. The molecule has 0 bridgehead atoms. The Bertz CT molecular complexity index is 427. The summed E-state index contributed by atoms with van der Waals surface area (Å²) in [5.74, 6) is 0.0121. The van der Waals surface area contributed by atoms with Crippen LogP contribution in [-0.2, 0) is 20.9 Å². The molecule has 0 saturated carbocycles. The Labute approximate surface area is 91.9 Å². The van der Waals surface area contributed by atoms with Gasteiger partial charge < -0.3 is 4.74 Å². The predicted molar refractivity (Wildman–Crippen MR) is 52.7 cm³/mol. The van der Waals surface area contributed by atoms with E-state index in [9.17, 15) is 17.2 Å². The summed E-state index contributed by atoms with van der Waals surface area (Å²) in [6, 6.07) is 5.52. The number of alkyl halides is 2. The number of ether oxygens (including phenoxy) is 1. The molecule has 0 aliphatic carbocycles. The highest BCUT2D eigenvalue weighted by Crippen LogP contribution is 2.15. The van der Waals surface area contributed by atoms with E-state index in [2.05, 4.69) is 8.92 Å². The Morgan fingerprint density at radius 2 is 1.81 bits per heavy atom. The van der Waals surface area contributed by atoms with E-state index in [1.54, 1.807) is 0 Å². The molecule has 0 unspecified atom stereocenters. The van der Waals surface area contributed by atoms with Crippen LogP contribution >= 0.6 is 0 Å². The SMILES string of the molecule is CS(=O)(=O)OCc1ccc(OC(F)F)cc1. The van der Waals surface area contributed by atoms with Crippen molar-refractivity contribution in [2.24, 2.45) is 0 Å². The molecule has 1 aromatic carbocycles. The zero-order valence-corrected chi connectivity index (χ0v) is 9.21. The van der Waals surface area contributed by atoms with Crippen LogP contribution in [0.3, 0.4) is 0 Å². The highest BCUT2D eigenvalue weighted by Gasteiger charge is 2.05. The van der Waals surface area contributed by atoms with Gasteiger partial charge in [-0.15, -0.1) is 0 Å². The van der Waals surface area contributed by atoms with Gasteiger partial charge in [-0.25, -0.2) is 0 Å². The normalized spacial score (nSPS) is 11.8. The average Bonchev–Trinajstić information content (AvgIpc) is 2.14. The van der Waals surface area contributed by atoms with E-state index in [4.69, 9.17) is 0 Å². The van der Waals surface area contributed by atoms with E-state index >= 15 is 0 Å². The maximum absolute atomic E-state index is 11.8. The van der Waals surface area contributed by atoms with E-state index in [0.29, 0.717) is 5.56 Å². The maximum Gasteiger partial charge on any atom is 0.387 e. The molecule has 0 heterocycles. The summed E-state index contributed by atoms with van der Waals surface area (Å²) in [6.45, 7) is -3.01. The summed E-state index contributed by atoms with van der Waals surface area (Å²) in [4.78, 5) is 0. The molecule has 0 N–H and O–H groups in total. The summed E-state index contributed by atoms with van der Waals surface area (Å²) in [5, 5.41) is 0. The van der Waals surface area contributed by atoms with Crippen LogP contribution in [0.1, 0.15) is 5.56 Å². The molecule has 7 heteroatoms. The molecule has 0 aliphatic heterocycles. The lowest BCUT2D eigenvalue weighted by molar-refractivity contribution is -0.0498. The zero-order chi connectivity index (χ0) is 12.2. The van der Waals surface area contributed by atoms with Crippen molar-refractivity contribution in [2.45, 2.75) is 13.2 Å². The molecule has 4 nitrogen and oxygen atoms in total. The fourth-order valence-corrected chi connectivity index (χ4v) is 1.29. The van der Waals surface area contributed by atoms with Crippen LogP contribution in [0.2, 0.25) is 0 Å². The molecular formula is C9H10F2O4S. The van der Waals surface area contributed by atoms with Crippen LogP contribution in [0, 0.1) is 0 Å². The van der Waals surface area contributed by atoms with E-state index < -0.39 is 16.7 Å². The average molecular weight is 252 g/mol. The first-order chi connectivity index (χ1) is 7.37. The molecule has 16 heavy (non-hydrogen) atoms. The van der Waals surface area contributed by atoms with Crippen LogP contribution in [0.5, 0.6) is 5.75 Å². The van der Waals surface area contributed by atoms with Gasteiger partial charge in [0.25, 0.3) is 10.1 Å². The van der Waals surface area contributed by atoms with Crippen molar-refractivity contribution in [3.8, 4) is 5.75 Å². The second kappa shape index (κ2) is 5.22. The Morgan fingerprint density at radius 1 is 1.25 bits per heavy atom. The summed E-state index contributed by atoms with van der Waals surface area (Å²) in [6.07, 6.45) is 0.932. The largest absolute Gasteiger partial charge is 0.435 e. The topological polar surface area (TPSA) is 52.6 Å². The molecule has 0 aliphatic rings. The third kappa shape index (κ3) is 5.04. The van der Waals surface area contributed by atoms with Crippen molar-refractivity contribution in [3.05, 3.63) is 29.8 Å². The van der Waals surface area contributed by atoms with Crippen LogP contribution in [0.15, 0.2) is 24.3 Å². The van der Waals surface area contributed by atoms with E-state index in [1.165, 1.54) is 24.3 Å². The predicted octanol–water partition coefficient (Wildman–Crippen LogP) is 1.76. The van der Waals surface area contributed by atoms with Crippen molar-refractivity contribution in [3.63, 3.8) is 0 Å². The quantitative estimate of drug-likeness (QED) is 0.749. The molecule has 1 rings (SSSR count). The number of hydrogen-bond donors (Lipinski definition) is 0. The third-order valence-corrected chi connectivity index (χ3v) is 2.13. The smallest absolute Gasteiger partial charge is 0.387 e. The van der Waals surface area contributed by atoms with Gasteiger partial charge in [0.05, 0.1) is 12.9 Å². The van der Waals surface area contributed by atoms with Gasteiger partial charge in [-0.3, -0.25) is 4.18 Å². The fraction of sp³-hybridized carbons (Fsp3) is 0.333. The molecule has 90 valence electrons. The van der Waals surface area contributed by atoms with E-state index in [0.717, 1.165) is 6.26 Å². The molecule has 0 spiro atoms. The first-order valence-corrected chi connectivity index (χ1v) is 6.06. The van der Waals surface area contributed by atoms with Gasteiger partial charge >= 0.3 is 6.61 Å². The molecule has 0 fully saturated rings. The van der Waals surface area contributed by atoms with Gasteiger partial charge in [0.15, 0.2) is 0 Å². The minimum atomic E-state index is -3.50. The number of halogens is 2. The second-order valence-electron chi connectivity index (χ2n) is 2.99. The van der Waals surface area contributed by atoms with Crippen LogP contribution in [0.25, 0.3) is 0 Å². The van der Waals surface area contributed by atoms with E-state index in [-0.39, 0.29) is 12.4 Å². The van der Waals surface area contributed by atoms with Crippen molar-refractivity contribution in [2.75, 3.05) is 6.26 Å². The molecule has 0 aromatic heterocycles. The fourth-order valence-electron chi connectivity index (χ4n) is 0.942. The summed E-state index contributed by atoms with van der Waals surface area (Å²) in [7, 11) is -3.50. The van der Waals surface area contributed by atoms with Gasteiger partial charge in [0.1, 0.15) is 5.75 Å². The molecular weight excluding hydrogens is 242 g/mol. The lowest BCUT2D eigenvalue weighted by atomic mass is 10.2. The minimum absolute atomic E-state index is 0.0121. The first-order valence-electron chi connectivity index (χ1n) is 4.25. The van der Waals surface area contributed by atoms with Gasteiger partial charge in [-0.1, -0.05) is 12.1 Å². The van der Waals surface area contributed by atoms with Crippen LogP contribution in [-0.4, -0.2) is 21.3 Å². The second-order valence-corrected chi connectivity index (χ2v) is 4.63. The van der Waals surface area contributed by atoms with Crippen molar-refractivity contribution in [1.82, 2.24) is 0 Å². The summed E-state index contributed by atoms with van der Waals surface area (Å²) < 4.78 is 53.6. The number of hydrogen-bond acceptors (Lipinski definition) is 4. The monoisotopic (exact) mass is 252 g/mol.